The Morgan fingerprint density at radius 1 is 1.22 bits per heavy atom. The molecular weight excluding hydrogens is 296 g/mol. The van der Waals surface area contributed by atoms with Crippen molar-refractivity contribution in [2.45, 2.75) is 63.1 Å². The van der Waals surface area contributed by atoms with E-state index in [9.17, 15) is 9.59 Å². The van der Waals surface area contributed by atoms with Crippen molar-refractivity contribution in [3.05, 3.63) is 0 Å². The standard InChI is InChI=1S/C16H30N4O3/c1-20(13-3-2-4-13)15(22)14(17)11-5-7-12(8-6-11)19-16(23)18-9-10-21/h11-14,21H,2-10,17H2,1H3,(H2,18,19,23)/t11?,12?,14-/m0/s1. The van der Waals surface area contributed by atoms with E-state index >= 15 is 0 Å². The Morgan fingerprint density at radius 2 is 1.87 bits per heavy atom. The third-order valence-corrected chi connectivity index (χ3v) is 5.27. The van der Waals surface area contributed by atoms with E-state index < -0.39 is 6.04 Å². The van der Waals surface area contributed by atoms with E-state index in [-0.39, 0.29) is 37.0 Å². The van der Waals surface area contributed by atoms with Gasteiger partial charge in [-0.3, -0.25) is 4.79 Å². The molecule has 0 aromatic heterocycles. The number of nitrogens with zero attached hydrogens (tertiary/aromatic N) is 1. The van der Waals surface area contributed by atoms with Crippen LogP contribution in [0.15, 0.2) is 0 Å². The molecule has 7 heteroatoms. The number of nitrogens with two attached hydrogens (primary N) is 1. The minimum Gasteiger partial charge on any atom is -0.395 e. The van der Waals surface area contributed by atoms with Crippen LogP contribution in [0.3, 0.4) is 0 Å². The molecule has 132 valence electrons. The fraction of sp³-hybridized carbons (Fsp3) is 0.875. The van der Waals surface area contributed by atoms with Crippen LogP contribution in [0.1, 0.15) is 44.9 Å². The van der Waals surface area contributed by atoms with Gasteiger partial charge in [0, 0.05) is 25.7 Å². The summed E-state index contributed by atoms with van der Waals surface area (Å²) in [4.78, 5) is 25.9. The van der Waals surface area contributed by atoms with Gasteiger partial charge in [-0.15, -0.1) is 0 Å². The van der Waals surface area contributed by atoms with Crippen LogP contribution in [-0.2, 0) is 4.79 Å². The van der Waals surface area contributed by atoms with Crippen molar-refractivity contribution in [1.29, 1.82) is 0 Å². The van der Waals surface area contributed by atoms with E-state index in [1.54, 1.807) is 0 Å². The van der Waals surface area contributed by atoms with Crippen LogP contribution in [0.4, 0.5) is 4.79 Å². The molecule has 1 atom stereocenters. The summed E-state index contributed by atoms with van der Waals surface area (Å²) in [6.45, 7) is 0.194. The maximum Gasteiger partial charge on any atom is 0.315 e. The van der Waals surface area contributed by atoms with Gasteiger partial charge in [0.2, 0.25) is 5.91 Å². The summed E-state index contributed by atoms with van der Waals surface area (Å²) in [5.74, 6) is 0.260. The minimum atomic E-state index is -0.426. The molecule has 23 heavy (non-hydrogen) atoms. The van der Waals surface area contributed by atoms with E-state index in [2.05, 4.69) is 10.6 Å². The number of hydrogen-bond donors (Lipinski definition) is 4. The highest BCUT2D eigenvalue weighted by Crippen LogP contribution is 2.29. The van der Waals surface area contributed by atoms with E-state index in [4.69, 9.17) is 10.8 Å². The normalized spacial score (nSPS) is 26.0. The lowest BCUT2D eigenvalue weighted by Gasteiger charge is -2.38. The maximum atomic E-state index is 12.5. The number of carbonyl (C=O) groups excluding carboxylic acids is 2. The van der Waals surface area contributed by atoms with Crippen LogP contribution >= 0.6 is 0 Å². The molecule has 2 fully saturated rings. The molecule has 5 N–H and O–H groups in total. The second-order valence-corrected chi connectivity index (χ2v) is 6.80. The molecule has 0 saturated heterocycles. The highest BCUT2D eigenvalue weighted by atomic mass is 16.3. The fourth-order valence-corrected chi connectivity index (χ4v) is 3.42. The Hall–Kier alpha value is -1.34. The second kappa shape index (κ2) is 8.49. The van der Waals surface area contributed by atoms with Gasteiger partial charge >= 0.3 is 6.03 Å². The summed E-state index contributed by atoms with van der Waals surface area (Å²) in [6.07, 6.45) is 6.78. The molecule has 0 aromatic carbocycles. The molecular formula is C16H30N4O3. The molecule has 2 saturated carbocycles. The number of carbonyl (C=O) groups is 2. The summed E-state index contributed by atoms with van der Waals surface area (Å²) < 4.78 is 0. The Labute approximate surface area is 138 Å². The van der Waals surface area contributed by atoms with Gasteiger partial charge in [-0.05, 0) is 50.9 Å². The van der Waals surface area contributed by atoms with Crippen molar-refractivity contribution in [1.82, 2.24) is 15.5 Å². The largest absolute Gasteiger partial charge is 0.395 e. The monoisotopic (exact) mass is 326 g/mol. The highest BCUT2D eigenvalue weighted by Gasteiger charge is 2.34. The van der Waals surface area contributed by atoms with E-state index in [0.717, 1.165) is 38.5 Å². The Balaban J connectivity index is 1.72. The molecule has 3 amide bonds. The number of amides is 3. The van der Waals surface area contributed by atoms with Gasteiger partial charge in [-0.1, -0.05) is 0 Å². The lowest BCUT2D eigenvalue weighted by atomic mass is 9.81. The Bertz CT molecular complexity index is 406. The molecule has 2 rings (SSSR count). The first-order chi connectivity index (χ1) is 11.0. The van der Waals surface area contributed by atoms with Crippen molar-refractivity contribution < 1.29 is 14.7 Å². The van der Waals surface area contributed by atoms with Crippen LogP contribution in [0.25, 0.3) is 0 Å². The van der Waals surface area contributed by atoms with Crippen molar-refractivity contribution in [2.75, 3.05) is 20.2 Å². The summed E-state index contributed by atoms with van der Waals surface area (Å²) >= 11 is 0. The third kappa shape index (κ3) is 4.81. The molecule has 0 unspecified atom stereocenters. The average molecular weight is 326 g/mol. The molecule has 0 radical (unpaired) electrons. The van der Waals surface area contributed by atoms with Crippen LogP contribution in [0.5, 0.6) is 0 Å². The number of aliphatic hydroxyl groups excluding tert-OH is 1. The van der Waals surface area contributed by atoms with Gasteiger partial charge in [-0.25, -0.2) is 4.79 Å². The van der Waals surface area contributed by atoms with Gasteiger partial charge in [-0.2, -0.15) is 0 Å². The van der Waals surface area contributed by atoms with Gasteiger partial charge in [0.25, 0.3) is 0 Å². The quantitative estimate of drug-likeness (QED) is 0.558. The molecule has 0 aromatic rings. The molecule has 0 heterocycles. The maximum absolute atomic E-state index is 12.5. The number of likely N-dealkylation sites (N-methyl/N-ethyl adjacent to an activating group) is 1. The molecule has 0 spiro atoms. The fourth-order valence-electron chi connectivity index (χ4n) is 3.42. The zero-order valence-electron chi connectivity index (χ0n) is 14.0. The lowest BCUT2D eigenvalue weighted by molar-refractivity contribution is -0.136. The summed E-state index contributed by atoms with van der Waals surface area (Å²) in [5, 5.41) is 14.2. The van der Waals surface area contributed by atoms with Crippen LogP contribution < -0.4 is 16.4 Å². The van der Waals surface area contributed by atoms with Crippen LogP contribution in [0.2, 0.25) is 0 Å². The van der Waals surface area contributed by atoms with Gasteiger partial charge < -0.3 is 26.4 Å². The summed E-state index contributed by atoms with van der Waals surface area (Å²) in [7, 11) is 1.87. The minimum absolute atomic E-state index is 0.0619. The summed E-state index contributed by atoms with van der Waals surface area (Å²) in [6, 6.07) is -0.171. The molecule has 0 bridgehead atoms. The van der Waals surface area contributed by atoms with Crippen molar-refractivity contribution in [3.8, 4) is 0 Å². The van der Waals surface area contributed by atoms with Crippen molar-refractivity contribution in [2.24, 2.45) is 11.7 Å². The first-order valence-electron chi connectivity index (χ1n) is 8.70. The van der Waals surface area contributed by atoms with Gasteiger partial charge in [0.05, 0.1) is 12.6 Å². The number of rotatable bonds is 6. The van der Waals surface area contributed by atoms with Gasteiger partial charge in [0.1, 0.15) is 0 Å². The predicted molar refractivity (Wildman–Crippen MR) is 87.8 cm³/mol. The number of nitrogens with one attached hydrogen (secondary N) is 2. The smallest absolute Gasteiger partial charge is 0.315 e. The zero-order chi connectivity index (χ0) is 16.8. The average Bonchev–Trinajstić information content (AvgIpc) is 2.50. The van der Waals surface area contributed by atoms with Crippen molar-refractivity contribution in [3.63, 3.8) is 0 Å². The number of hydrogen-bond acceptors (Lipinski definition) is 4. The third-order valence-electron chi connectivity index (χ3n) is 5.27. The van der Waals surface area contributed by atoms with E-state index in [1.807, 2.05) is 11.9 Å². The molecule has 0 aliphatic heterocycles. The molecule has 2 aliphatic carbocycles. The zero-order valence-corrected chi connectivity index (χ0v) is 14.0. The Kier molecular flexibility index (Phi) is 6.65. The van der Waals surface area contributed by atoms with Crippen LogP contribution in [-0.4, -0.2) is 60.3 Å². The molecule has 7 nitrogen and oxygen atoms in total. The van der Waals surface area contributed by atoms with Crippen molar-refractivity contribution >= 4 is 11.9 Å². The van der Waals surface area contributed by atoms with E-state index in [0.29, 0.717) is 6.04 Å². The number of urea groups is 1. The SMILES string of the molecule is CN(C(=O)[C@@H](N)C1CCC(NC(=O)NCCO)CC1)C1CCC1. The van der Waals surface area contributed by atoms with E-state index in [1.165, 1.54) is 6.42 Å². The molecule has 2 aliphatic rings. The lowest BCUT2D eigenvalue weighted by Crippen LogP contribution is -2.53. The first-order valence-corrected chi connectivity index (χ1v) is 8.70. The van der Waals surface area contributed by atoms with Crippen LogP contribution in [0, 0.1) is 5.92 Å². The van der Waals surface area contributed by atoms with Gasteiger partial charge in [0.15, 0.2) is 0 Å². The predicted octanol–water partition coefficient (Wildman–Crippen LogP) is 0.175. The second-order valence-electron chi connectivity index (χ2n) is 6.80. The summed E-state index contributed by atoms with van der Waals surface area (Å²) in [5.41, 5.74) is 6.20. The Morgan fingerprint density at radius 3 is 2.39 bits per heavy atom. The first kappa shape index (κ1) is 18.0. The topological polar surface area (TPSA) is 108 Å². The number of aliphatic hydroxyl groups is 1. The highest BCUT2D eigenvalue weighted by molar-refractivity contribution is 5.82.